The topological polar surface area (TPSA) is 73.1 Å². The number of nitrogens with zero attached hydrogens (tertiary/aromatic N) is 5. The van der Waals surface area contributed by atoms with Crippen molar-refractivity contribution in [1.29, 1.82) is 0 Å². The Bertz CT molecular complexity index is 678. The monoisotopic (exact) mass is 299 g/mol. The highest BCUT2D eigenvalue weighted by Gasteiger charge is 2.31. The Hall–Kier alpha value is -2.28. The summed E-state index contributed by atoms with van der Waals surface area (Å²) in [6.45, 7) is 2.54. The first-order valence-electron chi connectivity index (χ1n) is 7.56. The van der Waals surface area contributed by atoms with Crippen LogP contribution in [0.5, 0.6) is 0 Å². The number of pyridine rings is 1. The van der Waals surface area contributed by atoms with Crippen LogP contribution in [0.15, 0.2) is 24.5 Å². The van der Waals surface area contributed by atoms with Crippen LogP contribution in [0.1, 0.15) is 18.7 Å². The Balaban J connectivity index is 1.55. The average Bonchev–Trinajstić information content (AvgIpc) is 3.24. The number of fused-ring (bicyclic) bond motifs is 1. The minimum absolute atomic E-state index is 0.0784. The smallest absolute Gasteiger partial charge is 0.252 e. The Morgan fingerprint density at radius 1 is 1.32 bits per heavy atom. The molecule has 0 N–H and O–H groups in total. The molecule has 0 radical (unpaired) electrons. The third-order valence-electron chi connectivity index (χ3n) is 4.19. The van der Waals surface area contributed by atoms with Gasteiger partial charge in [-0.25, -0.2) is 0 Å². The predicted molar refractivity (Wildman–Crippen MR) is 77.6 cm³/mol. The maximum absolute atomic E-state index is 12.4. The predicted octanol–water partition coefficient (Wildman–Crippen LogP) is 0.861. The van der Waals surface area contributed by atoms with Crippen LogP contribution < -0.4 is 0 Å². The van der Waals surface area contributed by atoms with Crippen molar-refractivity contribution in [2.24, 2.45) is 0 Å². The fourth-order valence-corrected chi connectivity index (χ4v) is 3.03. The van der Waals surface area contributed by atoms with Crippen LogP contribution in [-0.2, 0) is 22.6 Å². The van der Waals surface area contributed by atoms with E-state index < -0.39 is 0 Å². The molecule has 2 aromatic heterocycles. The average molecular weight is 299 g/mol. The lowest BCUT2D eigenvalue weighted by Gasteiger charge is -2.29. The van der Waals surface area contributed by atoms with Gasteiger partial charge < -0.3 is 14.2 Å². The lowest BCUT2D eigenvalue weighted by Crippen LogP contribution is -2.43. The van der Waals surface area contributed by atoms with Gasteiger partial charge in [-0.05, 0) is 25.0 Å². The van der Waals surface area contributed by atoms with Crippen LogP contribution in [0.3, 0.4) is 0 Å². The minimum Gasteiger partial charge on any atom is -0.368 e. The van der Waals surface area contributed by atoms with Crippen molar-refractivity contribution in [2.45, 2.75) is 32.0 Å². The van der Waals surface area contributed by atoms with Crippen molar-refractivity contribution in [3.05, 3.63) is 30.4 Å². The Morgan fingerprint density at radius 2 is 2.27 bits per heavy atom. The second-order valence-corrected chi connectivity index (χ2v) is 5.59. The van der Waals surface area contributed by atoms with Gasteiger partial charge in [0.05, 0.1) is 6.54 Å². The van der Waals surface area contributed by atoms with E-state index in [2.05, 4.69) is 19.7 Å². The van der Waals surface area contributed by atoms with Crippen molar-refractivity contribution in [1.82, 2.24) is 24.6 Å². The van der Waals surface area contributed by atoms with Gasteiger partial charge in [-0.1, -0.05) is 0 Å². The first-order valence-corrected chi connectivity index (χ1v) is 7.56. The van der Waals surface area contributed by atoms with E-state index in [0.717, 1.165) is 30.1 Å². The van der Waals surface area contributed by atoms with E-state index in [1.54, 1.807) is 12.4 Å². The highest BCUT2D eigenvalue weighted by atomic mass is 16.5. The molecule has 0 aromatic carbocycles. The molecule has 7 nitrogen and oxygen atoms in total. The molecule has 0 saturated carbocycles. The largest absolute Gasteiger partial charge is 0.368 e. The van der Waals surface area contributed by atoms with Crippen molar-refractivity contribution >= 4 is 5.91 Å². The number of carbonyl (C=O) groups excluding carboxylic acids is 1. The first-order chi connectivity index (χ1) is 10.8. The summed E-state index contributed by atoms with van der Waals surface area (Å²) in [5.74, 6) is 1.71. The molecule has 4 rings (SSSR count). The van der Waals surface area contributed by atoms with E-state index in [4.69, 9.17) is 4.74 Å². The quantitative estimate of drug-likeness (QED) is 0.822. The van der Waals surface area contributed by atoms with Gasteiger partial charge in [-0.2, -0.15) is 0 Å². The van der Waals surface area contributed by atoms with Gasteiger partial charge >= 0.3 is 0 Å². The summed E-state index contributed by atoms with van der Waals surface area (Å²) in [4.78, 5) is 18.4. The first kappa shape index (κ1) is 13.4. The fourth-order valence-electron chi connectivity index (χ4n) is 3.03. The number of aromatic nitrogens is 4. The summed E-state index contributed by atoms with van der Waals surface area (Å²) >= 11 is 0. The molecular weight excluding hydrogens is 282 g/mol. The molecule has 2 aromatic rings. The Morgan fingerprint density at radius 3 is 3.05 bits per heavy atom. The number of hydrogen-bond donors (Lipinski definition) is 0. The zero-order valence-electron chi connectivity index (χ0n) is 12.2. The SMILES string of the molecule is O=C([C@@H]1CCCO1)N1CCn2c(nnc2-c2cccnc2)C1. The normalized spacial score (nSPS) is 20.9. The molecular formula is C15H17N5O2. The number of rotatable bonds is 2. The van der Waals surface area contributed by atoms with E-state index >= 15 is 0 Å². The van der Waals surface area contributed by atoms with Gasteiger partial charge in [0, 0.05) is 37.7 Å². The molecule has 7 heteroatoms. The molecule has 114 valence electrons. The standard InChI is InChI=1S/C15H17N5O2/c21-15(12-4-2-8-22-12)19-6-7-20-13(10-19)17-18-14(20)11-3-1-5-16-9-11/h1,3,5,9,12H,2,4,6-8,10H2/t12-/m0/s1. The van der Waals surface area contributed by atoms with Gasteiger partial charge in [0.1, 0.15) is 6.10 Å². The summed E-state index contributed by atoms with van der Waals surface area (Å²) < 4.78 is 7.55. The molecule has 22 heavy (non-hydrogen) atoms. The lowest BCUT2D eigenvalue weighted by molar-refractivity contribution is -0.142. The number of amides is 1. The van der Waals surface area contributed by atoms with Crippen molar-refractivity contribution in [2.75, 3.05) is 13.2 Å². The molecule has 2 aliphatic rings. The van der Waals surface area contributed by atoms with Crippen molar-refractivity contribution in [3.63, 3.8) is 0 Å². The molecule has 1 amide bonds. The third-order valence-corrected chi connectivity index (χ3v) is 4.19. The van der Waals surface area contributed by atoms with Crippen molar-refractivity contribution in [3.8, 4) is 11.4 Å². The summed E-state index contributed by atoms with van der Waals surface area (Å²) in [5, 5.41) is 8.51. The maximum atomic E-state index is 12.4. The molecule has 2 aliphatic heterocycles. The number of hydrogen-bond acceptors (Lipinski definition) is 5. The molecule has 0 spiro atoms. The van der Waals surface area contributed by atoms with E-state index in [1.165, 1.54) is 0 Å². The van der Waals surface area contributed by atoms with Crippen LogP contribution in [0.2, 0.25) is 0 Å². The highest BCUT2D eigenvalue weighted by molar-refractivity contribution is 5.81. The van der Waals surface area contributed by atoms with Crippen LogP contribution >= 0.6 is 0 Å². The molecule has 0 bridgehead atoms. The van der Waals surface area contributed by atoms with E-state index in [9.17, 15) is 4.79 Å². The van der Waals surface area contributed by atoms with Crippen molar-refractivity contribution < 1.29 is 9.53 Å². The van der Waals surface area contributed by atoms with Gasteiger partial charge in [-0.3, -0.25) is 9.78 Å². The van der Waals surface area contributed by atoms with Crippen LogP contribution in [-0.4, -0.2) is 49.8 Å². The van der Waals surface area contributed by atoms with E-state index in [1.807, 2.05) is 17.0 Å². The second-order valence-electron chi connectivity index (χ2n) is 5.59. The summed E-state index contributed by atoms with van der Waals surface area (Å²) in [6, 6.07) is 3.85. The summed E-state index contributed by atoms with van der Waals surface area (Å²) in [7, 11) is 0. The zero-order valence-corrected chi connectivity index (χ0v) is 12.2. The number of ether oxygens (including phenoxy) is 1. The maximum Gasteiger partial charge on any atom is 0.252 e. The minimum atomic E-state index is -0.271. The van der Waals surface area contributed by atoms with Gasteiger partial charge in [0.2, 0.25) is 0 Å². The van der Waals surface area contributed by atoms with Crippen LogP contribution in [0.25, 0.3) is 11.4 Å². The lowest BCUT2D eigenvalue weighted by atomic mass is 10.2. The van der Waals surface area contributed by atoms with Gasteiger partial charge in [0.25, 0.3) is 5.91 Å². The van der Waals surface area contributed by atoms with Gasteiger partial charge in [0.15, 0.2) is 11.6 Å². The molecule has 1 atom stereocenters. The Kier molecular flexibility index (Phi) is 3.34. The molecule has 1 saturated heterocycles. The summed E-state index contributed by atoms with van der Waals surface area (Å²) in [5.41, 5.74) is 0.945. The highest BCUT2D eigenvalue weighted by Crippen LogP contribution is 2.22. The van der Waals surface area contributed by atoms with Gasteiger partial charge in [-0.15, -0.1) is 10.2 Å². The van der Waals surface area contributed by atoms with E-state index in [0.29, 0.717) is 26.2 Å². The van der Waals surface area contributed by atoms with E-state index in [-0.39, 0.29) is 12.0 Å². The molecule has 0 unspecified atom stereocenters. The zero-order chi connectivity index (χ0) is 14.9. The van der Waals surface area contributed by atoms with Crippen LogP contribution in [0, 0.1) is 0 Å². The summed E-state index contributed by atoms with van der Waals surface area (Å²) in [6.07, 6.45) is 5.03. The Labute approximate surface area is 127 Å². The third kappa shape index (κ3) is 2.27. The second kappa shape index (κ2) is 5.49. The molecule has 4 heterocycles. The molecule has 1 fully saturated rings. The molecule has 0 aliphatic carbocycles. The number of carbonyl (C=O) groups is 1. The fraction of sp³-hybridized carbons (Fsp3) is 0.467. The van der Waals surface area contributed by atoms with Crippen LogP contribution in [0.4, 0.5) is 0 Å².